The van der Waals surface area contributed by atoms with Gasteiger partial charge in [0.05, 0.1) is 27.6 Å². The lowest BCUT2D eigenvalue weighted by Crippen LogP contribution is -2.43. The zero-order valence-corrected chi connectivity index (χ0v) is 22.7. The quantitative estimate of drug-likeness (QED) is 0.0962. The average molecular weight is 471 g/mol. The van der Waals surface area contributed by atoms with Gasteiger partial charge >= 0.3 is 11.9 Å². The molecule has 0 aliphatic carbocycles. The second-order valence-electron chi connectivity index (χ2n) is 11.4. The molecule has 0 amide bonds. The molecule has 1 N–H and O–H groups in total. The molecule has 0 heterocycles. The Bertz CT molecular complexity index is 485. The number of rotatable bonds is 23. The van der Waals surface area contributed by atoms with Crippen molar-refractivity contribution >= 4 is 11.9 Å². The fourth-order valence-electron chi connectivity index (χ4n) is 4.31. The van der Waals surface area contributed by atoms with Crippen molar-refractivity contribution in [3.05, 3.63) is 0 Å². The second-order valence-corrected chi connectivity index (χ2v) is 11.4. The Hall–Kier alpha value is -1.10. The fourth-order valence-corrected chi connectivity index (χ4v) is 4.31. The van der Waals surface area contributed by atoms with Crippen LogP contribution in [-0.4, -0.2) is 55.3 Å². The van der Waals surface area contributed by atoms with E-state index in [4.69, 9.17) is 9.84 Å². The van der Waals surface area contributed by atoms with Gasteiger partial charge in [0, 0.05) is 6.42 Å². The number of carboxylic acid groups (broad SMARTS) is 1. The molecule has 0 radical (unpaired) electrons. The molecule has 0 aromatic heterocycles. The smallest absolute Gasteiger partial charge is 0.307 e. The molecule has 33 heavy (non-hydrogen) atoms. The SMILES string of the molecule is CC(C)CCCCCCCCCCCCCCCCCC(=O)OC(CC(=O)O)C[N+](C)(C)C. The molecule has 0 aliphatic rings. The summed E-state index contributed by atoms with van der Waals surface area (Å²) >= 11 is 0. The van der Waals surface area contributed by atoms with Crippen molar-refractivity contribution in [1.82, 2.24) is 0 Å². The summed E-state index contributed by atoms with van der Waals surface area (Å²) in [5.74, 6) is -0.323. The summed E-state index contributed by atoms with van der Waals surface area (Å²) in [6.45, 7) is 5.14. The molecular formula is C28H56NO4+. The van der Waals surface area contributed by atoms with Crippen LogP contribution in [0.3, 0.4) is 0 Å². The Kier molecular flexibility index (Phi) is 19.6. The van der Waals surface area contributed by atoms with E-state index in [0.29, 0.717) is 17.4 Å². The number of unbranched alkanes of at least 4 members (excludes halogenated alkanes) is 14. The molecule has 0 bridgehead atoms. The molecule has 0 aromatic rings. The number of carbonyl (C=O) groups is 2. The summed E-state index contributed by atoms with van der Waals surface area (Å²) in [6, 6.07) is 0. The third-order valence-electron chi connectivity index (χ3n) is 6.11. The molecule has 5 nitrogen and oxygen atoms in total. The first kappa shape index (κ1) is 31.9. The number of ether oxygens (including phenoxy) is 1. The van der Waals surface area contributed by atoms with Gasteiger partial charge in [0.2, 0.25) is 0 Å². The summed E-state index contributed by atoms with van der Waals surface area (Å²) in [5.41, 5.74) is 0. The molecule has 196 valence electrons. The predicted octanol–water partition coefficient (Wildman–Crippen LogP) is 7.37. The van der Waals surface area contributed by atoms with Gasteiger partial charge in [-0.3, -0.25) is 9.59 Å². The summed E-state index contributed by atoms with van der Waals surface area (Å²) in [4.78, 5) is 23.1. The highest BCUT2D eigenvalue weighted by atomic mass is 16.5. The van der Waals surface area contributed by atoms with E-state index in [1.165, 1.54) is 89.9 Å². The maximum Gasteiger partial charge on any atom is 0.307 e. The van der Waals surface area contributed by atoms with Crippen molar-refractivity contribution < 1.29 is 23.9 Å². The first-order valence-corrected chi connectivity index (χ1v) is 13.8. The second kappa shape index (κ2) is 20.3. The van der Waals surface area contributed by atoms with Gasteiger partial charge in [-0.25, -0.2) is 0 Å². The van der Waals surface area contributed by atoms with Gasteiger partial charge in [-0.2, -0.15) is 0 Å². The first-order valence-electron chi connectivity index (χ1n) is 13.8. The van der Waals surface area contributed by atoms with Crippen molar-refractivity contribution in [3.8, 4) is 0 Å². The van der Waals surface area contributed by atoms with E-state index in [-0.39, 0.29) is 12.4 Å². The van der Waals surface area contributed by atoms with Crippen LogP contribution >= 0.6 is 0 Å². The average Bonchev–Trinajstić information content (AvgIpc) is 2.68. The van der Waals surface area contributed by atoms with Crippen LogP contribution in [0, 0.1) is 5.92 Å². The van der Waals surface area contributed by atoms with E-state index >= 15 is 0 Å². The number of carboxylic acids is 1. The van der Waals surface area contributed by atoms with E-state index in [2.05, 4.69) is 13.8 Å². The number of quaternary nitrogens is 1. The molecule has 0 fully saturated rings. The van der Waals surface area contributed by atoms with Crippen LogP contribution in [0.4, 0.5) is 0 Å². The number of esters is 1. The first-order chi connectivity index (χ1) is 15.6. The molecule has 5 heteroatoms. The highest BCUT2D eigenvalue weighted by molar-refractivity contribution is 5.71. The minimum Gasteiger partial charge on any atom is -0.481 e. The summed E-state index contributed by atoms with van der Waals surface area (Å²) in [5, 5.41) is 9.03. The zero-order chi connectivity index (χ0) is 25.0. The van der Waals surface area contributed by atoms with Gasteiger partial charge in [0.1, 0.15) is 6.54 Å². The number of likely N-dealkylation sites (N-methyl/N-ethyl adjacent to an activating group) is 1. The summed E-state index contributed by atoms with van der Waals surface area (Å²) < 4.78 is 6.01. The molecule has 1 atom stereocenters. The van der Waals surface area contributed by atoms with Crippen molar-refractivity contribution in [2.45, 2.75) is 136 Å². The van der Waals surface area contributed by atoms with Crippen LogP contribution in [0.25, 0.3) is 0 Å². The van der Waals surface area contributed by atoms with Gasteiger partial charge in [0.25, 0.3) is 0 Å². The predicted molar refractivity (Wildman–Crippen MR) is 138 cm³/mol. The van der Waals surface area contributed by atoms with E-state index in [1.54, 1.807) is 0 Å². The van der Waals surface area contributed by atoms with Crippen molar-refractivity contribution in [2.75, 3.05) is 27.7 Å². The van der Waals surface area contributed by atoms with E-state index in [0.717, 1.165) is 18.8 Å². The highest BCUT2D eigenvalue weighted by Crippen LogP contribution is 2.15. The topological polar surface area (TPSA) is 63.6 Å². The minimum atomic E-state index is -0.922. The Labute approximate surface area is 205 Å². The Balaban J connectivity index is 3.49. The van der Waals surface area contributed by atoms with Crippen LogP contribution in [0.2, 0.25) is 0 Å². The summed E-state index contributed by atoms with van der Waals surface area (Å²) in [6.07, 6.45) is 20.6. The monoisotopic (exact) mass is 470 g/mol. The van der Waals surface area contributed by atoms with Crippen LogP contribution in [0.5, 0.6) is 0 Å². The van der Waals surface area contributed by atoms with Gasteiger partial charge < -0.3 is 14.3 Å². The largest absolute Gasteiger partial charge is 0.481 e. The van der Waals surface area contributed by atoms with Crippen molar-refractivity contribution in [3.63, 3.8) is 0 Å². The number of carbonyl (C=O) groups excluding carboxylic acids is 1. The zero-order valence-electron chi connectivity index (χ0n) is 22.7. The standard InChI is InChI=1S/C28H55NO4/c1-25(2)21-19-17-15-13-11-9-7-6-8-10-12-14-16-18-20-22-28(32)33-26(23-27(30)31)24-29(3,4)5/h25-26H,6-24H2,1-5H3/p+1. The normalized spacial score (nSPS) is 12.8. The number of aliphatic carboxylic acids is 1. The van der Waals surface area contributed by atoms with Crippen LogP contribution < -0.4 is 0 Å². The lowest BCUT2D eigenvalue weighted by Gasteiger charge is -2.28. The van der Waals surface area contributed by atoms with Gasteiger partial charge in [0.15, 0.2) is 6.10 Å². The van der Waals surface area contributed by atoms with Crippen molar-refractivity contribution in [2.24, 2.45) is 5.92 Å². The maximum atomic E-state index is 12.1. The third-order valence-corrected chi connectivity index (χ3v) is 6.11. The Morgan fingerprint density at radius 2 is 1.09 bits per heavy atom. The van der Waals surface area contributed by atoms with E-state index in [9.17, 15) is 9.59 Å². The molecule has 0 saturated carbocycles. The molecule has 0 aromatic carbocycles. The lowest BCUT2D eigenvalue weighted by atomic mass is 10.0. The molecule has 0 rings (SSSR count). The van der Waals surface area contributed by atoms with Crippen LogP contribution in [0.15, 0.2) is 0 Å². The van der Waals surface area contributed by atoms with E-state index < -0.39 is 12.1 Å². The molecular weight excluding hydrogens is 414 g/mol. The van der Waals surface area contributed by atoms with Crippen LogP contribution in [-0.2, 0) is 14.3 Å². The fraction of sp³-hybridized carbons (Fsp3) is 0.929. The third kappa shape index (κ3) is 25.4. The molecule has 1 unspecified atom stereocenters. The Morgan fingerprint density at radius 1 is 0.697 bits per heavy atom. The number of hydrogen-bond donors (Lipinski definition) is 1. The van der Waals surface area contributed by atoms with Gasteiger partial charge in [-0.15, -0.1) is 0 Å². The Morgan fingerprint density at radius 3 is 1.45 bits per heavy atom. The van der Waals surface area contributed by atoms with Gasteiger partial charge in [-0.05, 0) is 12.3 Å². The number of hydrogen-bond acceptors (Lipinski definition) is 3. The number of nitrogens with zero attached hydrogens (tertiary/aromatic N) is 1. The van der Waals surface area contributed by atoms with Crippen molar-refractivity contribution in [1.29, 1.82) is 0 Å². The molecule has 0 aliphatic heterocycles. The van der Waals surface area contributed by atoms with E-state index in [1.807, 2.05) is 21.1 Å². The highest BCUT2D eigenvalue weighted by Gasteiger charge is 2.24. The molecule has 0 spiro atoms. The summed E-state index contributed by atoms with van der Waals surface area (Å²) in [7, 11) is 5.92. The minimum absolute atomic E-state index is 0.125. The maximum absolute atomic E-state index is 12.1. The molecule has 0 saturated heterocycles. The lowest BCUT2D eigenvalue weighted by molar-refractivity contribution is -0.873. The van der Waals surface area contributed by atoms with Crippen LogP contribution in [0.1, 0.15) is 129 Å². The van der Waals surface area contributed by atoms with Gasteiger partial charge in [-0.1, -0.05) is 110 Å².